The summed E-state index contributed by atoms with van der Waals surface area (Å²) in [7, 11) is 0. The first-order valence-corrected chi connectivity index (χ1v) is 9.55. The molecule has 1 aliphatic carbocycles. The van der Waals surface area contributed by atoms with Crippen molar-refractivity contribution in [2.75, 3.05) is 31.1 Å². The summed E-state index contributed by atoms with van der Waals surface area (Å²) in [5, 5.41) is 0. The molecule has 1 amide bonds. The molecule has 2 aliphatic heterocycles. The fraction of sp³-hybridized carbons (Fsp3) is 0.409. The van der Waals surface area contributed by atoms with Gasteiger partial charge in [-0.1, -0.05) is 30.3 Å². The number of likely N-dealkylation sites (tertiary alicyclic amines) is 1. The number of benzene rings is 2. The summed E-state index contributed by atoms with van der Waals surface area (Å²) in [6.45, 7) is 3.93. The second kappa shape index (κ2) is 6.20. The summed E-state index contributed by atoms with van der Waals surface area (Å²) in [5.41, 5.74) is 3.51. The number of halogens is 1. The van der Waals surface area contributed by atoms with Gasteiger partial charge in [0.2, 0.25) is 5.91 Å². The summed E-state index contributed by atoms with van der Waals surface area (Å²) in [6, 6.07) is 15.2. The average Bonchev–Trinajstić information content (AvgIpc) is 3.12. The Labute approximate surface area is 153 Å². The minimum atomic E-state index is -0.159. The molecule has 0 radical (unpaired) electrons. The molecule has 26 heavy (non-hydrogen) atoms. The van der Waals surface area contributed by atoms with E-state index < -0.39 is 0 Å². The maximum atomic E-state index is 13.1. The predicted molar refractivity (Wildman–Crippen MR) is 99.7 cm³/mol. The first-order chi connectivity index (χ1) is 12.7. The highest BCUT2D eigenvalue weighted by Crippen LogP contribution is 2.51. The normalized spacial score (nSPS) is 27.3. The molecule has 4 heteroatoms. The lowest BCUT2D eigenvalue weighted by atomic mass is 9.64. The van der Waals surface area contributed by atoms with Crippen LogP contribution in [0.2, 0.25) is 0 Å². The van der Waals surface area contributed by atoms with Crippen LogP contribution in [-0.2, 0) is 11.2 Å². The van der Waals surface area contributed by atoms with Gasteiger partial charge in [-0.2, -0.15) is 0 Å². The fourth-order valence-corrected chi connectivity index (χ4v) is 5.08. The average molecular weight is 350 g/mol. The minimum Gasteiger partial charge on any atom is -0.311 e. The van der Waals surface area contributed by atoms with Crippen molar-refractivity contribution in [1.29, 1.82) is 0 Å². The first-order valence-electron chi connectivity index (χ1n) is 9.55. The van der Waals surface area contributed by atoms with Crippen LogP contribution in [0.3, 0.4) is 0 Å². The summed E-state index contributed by atoms with van der Waals surface area (Å²) in [5.74, 6) is 2.07. The van der Waals surface area contributed by atoms with Gasteiger partial charge in [-0.25, -0.2) is 4.39 Å². The molecule has 0 N–H and O–H groups in total. The molecule has 0 spiro atoms. The first kappa shape index (κ1) is 16.0. The zero-order valence-corrected chi connectivity index (χ0v) is 14.8. The number of hydrogen-bond acceptors (Lipinski definition) is 2. The monoisotopic (exact) mass is 350 g/mol. The van der Waals surface area contributed by atoms with Gasteiger partial charge < -0.3 is 9.80 Å². The molecular formula is C22H23FN2O. The number of rotatable bonds is 4. The maximum Gasteiger partial charge on any atom is 0.231 e. The van der Waals surface area contributed by atoms with Gasteiger partial charge in [0.15, 0.2) is 0 Å². The number of carbonyl (C=O) groups excluding carboxylic acids is 1. The van der Waals surface area contributed by atoms with Crippen LogP contribution in [0.5, 0.6) is 0 Å². The Balaban J connectivity index is 1.20. The molecule has 3 atom stereocenters. The van der Waals surface area contributed by atoms with Crippen LogP contribution >= 0.6 is 0 Å². The van der Waals surface area contributed by atoms with Gasteiger partial charge in [0.05, 0.1) is 6.42 Å². The van der Waals surface area contributed by atoms with Crippen LogP contribution in [-0.4, -0.2) is 37.0 Å². The third-order valence-corrected chi connectivity index (χ3v) is 6.50. The largest absolute Gasteiger partial charge is 0.311 e. The lowest BCUT2D eigenvalue weighted by molar-refractivity contribution is -0.117. The lowest BCUT2D eigenvalue weighted by Gasteiger charge is -2.40. The van der Waals surface area contributed by atoms with E-state index in [-0.39, 0.29) is 11.7 Å². The van der Waals surface area contributed by atoms with Crippen LogP contribution in [0.15, 0.2) is 48.5 Å². The summed E-state index contributed by atoms with van der Waals surface area (Å²) in [6.07, 6.45) is 1.74. The van der Waals surface area contributed by atoms with E-state index in [0.717, 1.165) is 43.3 Å². The molecule has 2 aromatic carbocycles. The van der Waals surface area contributed by atoms with Gasteiger partial charge in [0, 0.05) is 31.9 Å². The number of carbonyl (C=O) groups is 1. The van der Waals surface area contributed by atoms with Crippen LogP contribution in [0.1, 0.15) is 23.5 Å². The Kier molecular flexibility index (Phi) is 3.82. The number of amides is 1. The Morgan fingerprint density at radius 3 is 2.65 bits per heavy atom. The lowest BCUT2D eigenvalue weighted by Crippen LogP contribution is -2.36. The second-order valence-corrected chi connectivity index (χ2v) is 7.93. The summed E-state index contributed by atoms with van der Waals surface area (Å²) in [4.78, 5) is 16.8. The standard InChI is InChI=1S/C22H23FN2O/c23-18-7-5-15(6-8-18)19-11-17-13-24(14-20(17)19)9-10-25-21-4-2-1-3-16(21)12-22(25)26/h1-8,17,19-20H,9-14H2. The highest BCUT2D eigenvalue weighted by molar-refractivity contribution is 6.01. The Bertz CT molecular complexity index is 834. The van der Waals surface area contributed by atoms with Crippen molar-refractivity contribution >= 4 is 11.6 Å². The number of para-hydroxylation sites is 1. The smallest absolute Gasteiger partial charge is 0.231 e. The van der Waals surface area contributed by atoms with E-state index in [2.05, 4.69) is 17.0 Å². The van der Waals surface area contributed by atoms with Crippen molar-refractivity contribution in [3.8, 4) is 0 Å². The molecule has 134 valence electrons. The Hall–Kier alpha value is -2.20. The van der Waals surface area contributed by atoms with Crippen molar-refractivity contribution in [2.24, 2.45) is 11.8 Å². The SMILES string of the molecule is O=C1Cc2ccccc2N1CCN1CC2CC(c3ccc(F)cc3)C2C1. The number of anilines is 1. The van der Waals surface area contributed by atoms with E-state index in [4.69, 9.17) is 0 Å². The van der Waals surface area contributed by atoms with Crippen LogP contribution < -0.4 is 4.90 Å². The van der Waals surface area contributed by atoms with Gasteiger partial charge in [0.1, 0.15) is 5.82 Å². The minimum absolute atomic E-state index is 0.159. The van der Waals surface area contributed by atoms with E-state index in [1.54, 1.807) is 12.1 Å². The molecular weight excluding hydrogens is 327 g/mol. The molecule has 0 aromatic heterocycles. The van der Waals surface area contributed by atoms with Gasteiger partial charge in [-0.3, -0.25) is 4.79 Å². The maximum absolute atomic E-state index is 13.1. The van der Waals surface area contributed by atoms with E-state index in [1.165, 1.54) is 12.0 Å². The fourth-order valence-electron chi connectivity index (χ4n) is 5.08. The van der Waals surface area contributed by atoms with E-state index in [9.17, 15) is 9.18 Å². The molecule has 5 rings (SSSR count). The molecule has 3 unspecified atom stereocenters. The molecule has 1 saturated heterocycles. The molecule has 0 bridgehead atoms. The zero-order valence-electron chi connectivity index (χ0n) is 14.8. The third kappa shape index (κ3) is 2.64. The summed E-state index contributed by atoms with van der Waals surface area (Å²) >= 11 is 0. The van der Waals surface area contributed by atoms with E-state index in [1.807, 2.05) is 29.2 Å². The van der Waals surface area contributed by atoms with Crippen LogP contribution in [0.25, 0.3) is 0 Å². The molecule has 2 fully saturated rings. The van der Waals surface area contributed by atoms with Crippen molar-refractivity contribution in [3.63, 3.8) is 0 Å². The predicted octanol–water partition coefficient (Wildman–Crippen LogP) is 3.45. The highest BCUT2D eigenvalue weighted by atomic mass is 19.1. The van der Waals surface area contributed by atoms with Crippen LogP contribution in [0, 0.1) is 17.7 Å². The highest BCUT2D eigenvalue weighted by Gasteiger charge is 2.47. The number of hydrogen-bond donors (Lipinski definition) is 0. The molecule has 2 aromatic rings. The summed E-state index contributed by atoms with van der Waals surface area (Å²) < 4.78 is 13.1. The van der Waals surface area contributed by atoms with Crippen molar-refractivity contribution < 1.29 is 9.18 Å². The number of nitrogens with zero attached hydrogens (tertiary/aromatic N) is 2. The van der Waals surface area contributed by atoms with Crippen molar-refractivity contribution in [3.05, 3.63) is 65.5 Å². The van der Waals surface area contributed by atoms with E-state index in [0.29, 0.717) is 18.3 Å². The topological polar surface area (TPSA) is 23.6 Å². The van der Waals surface area contributed by atoms with Gasteiger partial charge in [-0.05, 0) is 53.5 Å². The van der Waals surface area contributed by atoms with E-state index >= 15 is 0 Å². The quantitative estimate of drug-likeness (QED) is 0.843. The van der Waals surface area contributed by atoms with Crippen LogP contribution in [0.4, 0.5) is 10.1 Å². The molecule has 1 saturated carbocycles. The molecule has 3 nitrogen and oxygen atoms in total. The molecule has 2 heterocycles. The second-order valence-electron chi connectivity index (χ2n) is 7.93. The third-order valence-electron chi connectivity index (χ3n) is 6.50. The van der Waals surface area contributed by atoms with Gasteiger partial charge in [-0.15, -0.1) is 0 Å². The Morgan fingerprint density at radius 1 is 1.00 bits per heavy atom. The number of fused-ring (bicyclic) bond motifs is 2. The van der Waals surface area contributed by atoms with Gasteiger partial charge in [0.25, 0.3) is 0 Å². The zero-order chi connectivity index (χ0) is 17.7. The Morgan fingerprint density at radius 2 is 1.81 bits per heavy atom. The van der Waals surface area contributed by atoms with Crippen molar-refractivity contribution in [2.45, 2.75) is 18.8 Å². The van der Waals surface area contributed by atoms with Crippen molar-refractivity contribution in [1.82, 2.24) is 4.90 Å². The molecule has 3 aliphatic rings. The van der Waals surface area contributed by atoms with Gasteiger partial charge >= 0.3 is 0 Å².